The van der Waals surface area contributed by atoms with Gasteiger partial charge >= 0.3 is 0 Å². The number of anilines is 6. The summed E-state index contributed by atoms with van der Waals surface area (Å²) in [5.41, 5.74) is 21.0. The molecule has 10 aromatic carbocycles. The molecule has 0 aliphatic heterocycles. The molecule has 0 N–H and O–H groups in total. The van der Waals surface area contributed by atoms with Gasteiger partial charge in [0.25, 0.3) is 0 Å². The molecule has 8 aliphatic carbocycles. The highest BCUT2D eigenvalue weighted by molar-refractivity contribution is 6.28. The van der Waals surface area contributed by atoms with Gasteiger partial charge in [-0.2, -0.15) is 0 Å². The van der Waals surface area contributed by atoms with E-state index in [1.54, 1.807) is 22.3 Å². The van der Waals surface area contributed by atoms with E-state index in [0.29, 0.717) is 23.7 Å². The van der Waals surface area contributed by atoms with Gasteiger partial charge in [-0.15, -0.1) is 0 Å². The number of fused-ring (bicyclic) bond motifs is 11. The molecule has 0 radical (unpaired) electrons. The fourth-order valence-electron chi connectivity index (χ4n) is 19.6. The van der Waals surface area contributed by atoms with Crippen molar-refractivity contribution in [3.8, 4) is 22.3 Å². The van der Waals surface area contributed by atoms with Crippen LogP contribution in [0, 0.1) is 54.3 Å². The first-order valence-corrected chi connectivity index (χ1v) is 29.3. The molecule has 0 heterocycles. The van der Waals surface area contributed by atoms with E-state index in [1.165, 1.54) is 152 Å². The molecule has 76 heavy (non-hydrogen) atoms. The van der Waals surface area contributed by atoms with Gasteiger partial charge in [0, 0.05) is 44.1 Å². The highest BCUT2D eigenvalue weighted by Gasteiger charge is 2.62. The van der Waals surface area contributed by atoms with Crippen molar-refractivity contribution >= 4 is 66.4 Å². The zero-order chi connectivity index (χ0) is 50.2. The Bertz CT molecular complexity index is 3980. The predicted molar refractivity (Wildman–Crippen MR) is 318 cm³/mol. The van der Waals surface area contributed by atoms with Crippen molar-refractivity contribution in [2.24, 2.45) is 47.3 Å². The zero-order valence-electron chi connectivity index (χ0n) is 44.3. The lowest BCUT2D eigenvalue weighted by Crippen LogP contribution is -2.55. The van der Waals surface area contributed by atoms with Crippen LogP contribution in [0.15, 0.2) is 188 Å². The third-order valence-electron chi connectivity index (χ3n) is 21.8. The van der Waals surface area contributed by atoms with Crippen LogP contribution in [0.1, 0.15) is 99.5 Å². The molecule has 8 aliphatic rings. The van der Waals surface area contributed by atoms with Crippen LogP contribution in [0.5, 0.6) is 0 Å². The maximum atomic E-state index is 2.67. The van der Waals surface area contributed by atoms with Gasteiger partial charge in [0.05, 0.1) is 22.7 Å². The van der Waals surface area contributed by atoms with E-state index in [2.05, 4.69) is 219 Å². The van der Waals surface area contributed by atoms with Crippen molar-refractivity contribution in [2.75, 3.05) is 9.80 Å². The van der Waals surface area contributed by atoms with Gasteiger partial charge in [0.1, 0.15) is 0 Å². The molecule has 6 bridgehead atoms. The molecule has 0 aromatic heterocycles. The second-order valence-corrected chi connectivity index (χ2v) is 25.4. The summed E-state index contributed by atoms with van der Waals surface area (Å²) in [5, 5.41) is 7.81. The van der Waals surface area contributed by atoms with Gasteiger partial charge < -0.3 is 9.80 Å². The Morgan fingerprint density at radius 3 is 1.46 bits per heavy atom. The first-order chi connectivity index (χ1) is 37.4. The Morgan fingerprint density at radius 2 is 0.829 bits per heavy atom. The SMILES string of the molecule is Cc1ccccc1N(c1cccc2c1-c1ccccc1C21C2CC3CC(C2)CC1C3)c1ccc2ccc3c(N(c4ccccc4)c4cccc5c4-c4ccccc4C54C(C)CC5CC(C)CC4C5)ccc4ccc1c2c43. The minimum absolute atomic E-state index is 0.00859. The van der Waals surface area contributed by atoms with Crippen LogP contribution >= 0.6 is 0 Å². The summed E-state index contributed by atoms with van der Waals surface area (Å²) >= 11 is 0. The lowest BCUT2D eigenvalue weighted by Gasteiger charge is -2.61. The van der Waals surface area contributed by atoms with Crippen molar-refractivity contribution in [1.82, 2.24) is 0 Å². The average molecular weight is 983 g/mol. The lowest BCUT2D eigenvalue weighted by molar-refractivity contribution is -0.0399. The van der Waals surface area contributed by atoms with Gasteiger partial charge in [-0.3, -0.25) is 0 Å². The molecule has 2 nitrogen and oxygen atoms in total. The van der Waals surface area contributed by atoms with E-state index in [0.717, 1.165) is 23.7 Å². The van der Waals surface area contributed by atoms with E-state index in [-0.39, 0.29) is 10.8 Å². The largest absolute Gasteiger partial charge is 0.309 e. The number of hydrogen-bond donors (Lipinski definition) is 0. The van der Waals surface area contributed by atoms with Gasteiger partial charge in [0.2, 0.25) is 0 Å². The van der Waals surface area contributed by atoms with Crippen LogP contribution in [-0.2, 0) is 10.8 Å². The van der Waals surface area contributed by atoms with E-state index in [1.807, 2.05) is 0 Å². The summed E-state index contributed by atoms with van der Waals surface area (Å²) in [5.74, 6) is 6.03. The van der Waals surface area contributed by atoms with E-state index < -0.39 is 0 Å². The quantitative estimate of drug-likeness (QED) is 0.153. The molecule has 0 saturated heterocycles. The smallest absolute Gasteiger partial charge is 0.0543 e. The minimum Gasteiger partial charge on any atom is -0.309 e. The number of rotatable bonds is 6. The normalized spacial score (nSPS) is 28.1. The number of para-hydroxylation sites is 2. The average Bonchev–Trinajstić information content (AvgIpc) is 3.74. The number of hydrogen-bond acceptors (Lipinski definition) is 2. The summed E-state index contributed by atoms with van der Waals surface area (Å²) in [6, 6.07) is 73.8. The summed E-state index contributed by atoms with van der Waals surface area (Å²) < 4.78 is 0. The van der Waals surface area contributed by atoms with E-state index >= 15 is 0 Å². The minimum atomic E-state index is 0.00859. The van der Waals surface area contributed by atoms with Crippen LogP contribution in [0.2, 0.25) is 0 Å². The van der Waals surface area contributed by atoms with Gasteiger partial charge in [0.15, 0.2) is 0 Å². The van der Waals surface area contributed by atoms with Crippen LogP contribution < -0.4 is 9.80 Å². The van der Waals surface area contributed by atoms with Crippen molar-refractivity contribution in [3.63, 3.8) is 0 Å². The van der Waals surface area contributed by atoms with E-state index in [4.69, 9.17) is 0 Å². The predicted octanol–water partition coefficient (Wildman–Crippen LogP) is 19.9. The van der Waals surface area contributed by atoms with Crippen molar-refractivity contribution in [1.29, 1.82) is 0 Å². The molecule has 6 fully saturated rings. The Morgan fingerprint density at radius 1 is 0.355 bits per heavy atom. The maximum absolute atomic E-state index is 2.67. The van der Waals surface area contributed by atoms with Crippen molar-refractivity contribution < 1.29 is 0 Å². The number of nitrogens with zero attached hydrogens (tertiary/aromatic N) is 2. The lowest BCUT2D eigenvalue weighted by atomic mass is 9.43. The highest BCUT2D eigenvalue weighted by Crippen LogP contribution is 2.71. The first kappa shape index (κ1) is 44.0. The van der Waals surface area contributed by atoms with Crippen molar-refractivity contribution in [3.05, 3.63) is 216 Å². The maximum Gasteiger partial charge on any atom is 0.0543 e. The van der Waals surface area contributed by atoms with Gasteiger partial charge in [-0.25, -0.2) is 0 Å². The summed E-state index contributed by atoms with van der Waals surface area (Å²) in [6.07, 6.45) is 12.3. The molecule has 18 rings (SSSR count). The standard InChI is InChI=1S/C74H66N2/c1-44-35-47-37-46(3)73(52(36-44)39-47)60-20-10-8-18-56(60)71-62(73)22-13-25-67(71)75(55-16-5-4-6-17-55)65-33-29-50-28-32-59-66(34-30-51-27-31-58(65)69(50)70(51)59)76(64-24-12-7-15-45(64)2)68-26-14-23-63-72(68)57-19-9-11-21-61(57)74(63)53-40-48-38-49(42-53)43-54(74)41-48/h4-34,44,46-49,52-54H,35-43H2,1-3H3. The van der Waals surface area contributed by atoms with Gasteiger partial charge in [-0.05, 0) is 215 Å². The molecule has 0 amide bonds. The van der Waals surface area contributed by atoms with Crippen LogP contribution in [0.3, 0.4) is 0 Å². The summed E-state index contributed by atoms with van der Waals surface area (Å²) in [7, 11) is 0. The third-order valence-corrected chi connectivity index (χ3v) is 21.8. The van der Waals surface area contributed by atoms with Crippen LogP contribution in [-0.4, -0.2) is 0 Å². The zero-order valence-corrected chi connectivity index (χ0v) is 44.3. The second-order valence-electron chi connectivity index (χ2n) is 25.4. The fraction of sp³-hybridized carbons (Fsp3) is 0.297. The molecule has 2 heteroatoms. The monoisotopic (exact) mass is 983 g/mol. The molecule has 6 saturated carbocycles. The topological polar surface area (TPSA) is 6.48 Å². The Labute approximate surface area is 448 Å². The fourth-order valence-corrected chi connectivity index (χ4v) is 19.6. The number of benzene rings is 10. The highest BCUT2D eigenvalue weighted by atomic mass is 15.2. The van der Waals surface area contributed by atoms with Crippen LogP contribution in [0.4, 0.5) is 34.1 Å². The number of aryl methyl sites for hydroxylation is 1. The molecule has 5 atom stereocenters. The molecule has 2 spiro atoms. The Kier molecular flexibility index (Phi) is 9.24. The van der Waals surface area contributed by atoms with Crippen molar-refractivity contribution in [2.45, 2.75) is 89.4 Å². The Hall–Kier alpha value is -7.16. The summed E-state index contributed by atoms with van der Waals surface area (Å²) in [6.45, 7) is 7.43. The van der Waals surface area contributed by atoms with Crippen LogP contribution in [0.25, 0.3) is 54.6 Å². The molecule has 372 valence electrons. The molecule has 10 aromatic rings. The van der Waals surface area contributed by atoms with E-state index in [9.17, 15) is 0 Å². The van der Waals surface area contributed by atoms with Gasteiger partial charge in [-0.1, -0.05) is 159 Å². The third kappa shape index (κ3) is 5.68. The molecule has 5 unspecified atom stereocenters. The summed E-state index contributed by atoms with van der Waals surface area (Å²) in [4.78, 5) is 5.30. The second kappa shape index (κ2) is 16.0. The first-order valence-electron chi connectivity index (χ1n) is 29.3. The molecular formula is C74H66N2. The Balaban J connectivity index is 0.890. The molecular weight excluding hydrogens is 917 g/mol.